The number of H-pyrrole nitrogens is 2. The zero-order chi connectivity index (χ0) is 56.5. The Hall–Kier alpha value is -8.10. The fourth-order valence-corrected chi connectivity index (χ4v) is 10.4. The Morgan fingerprint density at radius 1 is 0.646 bits per heavy atom. The molecule has 2 saturated heterocycles. The number of nitrogens with one attached hydrogen (secondary N) is 4. The number of halogens is 2. The van der Waals surface area contributed by atoms with Gasteiger partial charge in [0.25, 0.3) is 11.1 Å². The molecule has 2 aliphatic heterocycles. The minimum absolute atomic E-state index is 0.0950. The second-order valence-electron chi connectivity index (χ2n) is 21.7. The molecule has 4 aromatic heterocycles. The van der Waals surface area contributed by atoms with Crippen LogP contribution < -0.4 is 31.6 Å². The van der Waals surface area contributed by atoms with Crippen LogP contribution in [0.25, 0.3) is 43.9 Å². The van der Waals surface area contributed by atoms with E-state index in [1.165, 1.54) is 19.2 Å². The minimum atomic E-state index is -1.07. The highest BCUT2D eigenvalue weighted by atomic mass is 35.5. The maximum absolute atomic E-state index is 13.5. The first kappa shape index (κ1) is 55.6. The number of alkyl carbamates (subject to hydrolysis) is 2. The number of aromatic nitrogens is 6. The molecule has 2 aliphatic rings. The number of ether oxygens (including phenoxy) is 3. The van der Waals surface area contributed by atoms with Gasteiger partial charge in [-0.05, 0) is 127 Å². The number of benzene rings is 4. The predicted octanol–water partition coefficient (Wildman–Crippen LogP) is 9.63. The third-order valence-electron chi connectivity index (χ3n) is 13.5. The van der Waals surface area contributed by atoms with E-state index < -0.39 is 35.3 Å². The molecule has 0 saturated carbocycles. The summed E-state index contributed by atoms with van der Waals surface area (Å²) in [5.74, 6) is -0.436. The first-order valence-electron chi connectivity index (χ1n) is 25.9. The number of aromatic carboxylic acids is 1. The number of carboxylic acids is 1. The second-order valence-corrected chi connectivity index (χ2v) is 22.5. The summed E-state index contributed by atoms with van der Waals surface area (Å²) in [5, 5.41) is 17.8. The van der Waals surface area contributed by atoms with Crippen LogP contribution in [0.1, 0.15) is 99.1 Å². The lowest BCUT2D eigenvalue weighted by molar-refractivity contribution is 0.0488. The van der Waals surface area contributed by atoms with Gasteiger partial charge in [0.15, 0.2) is 0 Å². The van der Waals surface area contributed by atoms with Crippen molar-refractivity contribution in [3.8, 4) is 0 Å². The summed E-state index contributed by atoms with van der Waals surface area (Å²) in [6, 6.07) is 24.0. The standard InChI is InChI=1S/C29H32ClN5O5.C28H30ClN5O5/c1-29(2,3)40-28(38)31-19-9-7-13-34(16-19)27-33-23-20-14-17(26(37)39-4)11-12-22(20)32-25(36)24(23)35(27)15-18-8-5-6-10-21(18)30;1-28(2,3)39-27(38)30-18-8-6-12-33(15-18)26-32-22-19-13-16(25(36)37)10-11-21(19)31-24(35)23(22)34(26)14-17-7-4-5-9-20(17)29/h5-6,8,10-12,14,19H,7,9,13,15-16H2,1-4H3,(H,31,38)(H,32,36);4-5,7,9-11,13,18H,6,8,12,14-15H2,1-3H3,(H,30,38)(H,31,35)(H,36,37)/t19-;18-/m11/s1. The summed E-state index contributed by atoms with van der Waals surface area (Å²) in [6.07, 6.45) is 2.19. The molecule has 79 heavy (non-hydrogen) atoms. The highest BCUT2D eigenvalue weighted by Gasteiger charge is 2.31. The molecular weight excluding hydrogens is 1060 g/mol. The number of esters is 1. The number of pyridine rings is 2. The third-order valence-corrected chi connectivity index (χ3v) is 14.2. The van der Waals surface area contributed by atoms with Crippen LogP contribution in [0.3, 0.4) is 0 Å². The highest BCUT2D eigenvalue weighted by molar-refractivity contribution is 6.31. The maximum atomic E-state index is 13.5. The first-order valence-corrected chi connectivity index (χ1v) is 26.7. The summed E-state index contributed by atoms with van der Waals surface area (Å²) >= 11 is 13.0. The van der Waals surface area contributed by atoms with Crippen LogP contribution in [0.2, 0.25) is 10.0 Å². The predicted molar refractivity (Wildman–Crippen MR) is 304 cm³/mol. The molecule has 2 amide bonds. The Morgan fingerprint density at radius 3 is 1.47 bits per heavy atom. The molecule has 20 nitrogen and oxygen atoms in total. The average molecular weight is 1120 g/mol. The number of imidazole rings is 2. The van der Waals surface area contributed by atoms with Crippen molar-refractivity contribution >= 4 is 103 Å². The van der Waals surface area contributed by atoms with Gasteiger partial charge in [0, 0.05) is 59.1 Å². The summed E-state index contributed by atoms with van der Waals surface area (Å²) in [7, 11) is 1.32. The van der Waals surface area contributed by atoms with Gasteiger partial charge in [-0.15, -0.1) is 0 Å². The van der Waals surface area contributed by atoms with E-state index in [1.807, 2.05) is 92.0 Å². The van der Waals surface area contributed by atoms with Crippen molar-refractivity contribution in [1.82, 2.24) is 39.7 Å². The molecular formula is C57H62Cl2N10O10. The van der Waals surface area contributed by atoms with Crippen LogP contribution in [0.15, 0.2) is 94.5 Å². The van der Waals surface area contributed by atoms with Gasteiger partial charge in [-0.2, -0.15) is 0 Å². The van der Waals surface area contributed by atoms with Gasteiger partial charge in [0.05, 0.1) is 42.4 Å². The topological polar surface area (TPSA) is 248 Å². The van der Waals surface area contributed by atoms with Crippen molar-refractivity contribution in [2.45, 2.75) is 104 Å². The molecule has 10 rings (SSSR count). The lowest BCUT2D eigenvalue weighted by atomic mass is 10.1. The summed E-state index contributed by atoms with van der Waals surface area (Å²) in [6.45, 7) is 13.8. The third kappa shape index (κ3) is 12.6. The van der Waals surface area contributed by atoms with Crippen LogP contribution in [-0.4, -0.2) is 115 Å². The molecule has 0 spiro atoms. The zero-order valence-corrected chi connectivity index (χ0v) is 46.4. The molecule has 22 heteroatoms. The number of anilines is 2. The van der Waals surface area contributed by atoms with E-state index in [2.05, 4.69) is 25.5 Å². The van der Waals surface area contributed by atoms with E-state index in [-0.39, 0.29) is 35.3 Å². The van der Waals surface area contributed by atoms with Crippen molar-refractivity contribution in [2.24, 2.45) is 0 Å². The van der Waals surface area contributed by atoms with Crippen molar-refractivity contribution in [3.63, 3.8) is 0 Å². The van der Waals surface area contributed by atoms with E-state index in [4.69, 9.17) is 47.4 Å². The van der Waals surface area contributed by atoms with Crippen LogP contribution in [0, 0.1) is 0 Å². The van der Waals surface area contributed by atoms with Gasteiger partial charge in [-0.3, -0.25) is 9.59 Å². The van der Waals surface area contributed by atoms with E-state index in [0.717, 1.165) is 36.8 Å². The van der Waals surface area contributed by atoms with Gasteiger partial charge in [0.1, 0.15) is 33.3 Å². The molecule has 8 aromatic rings. The number of carbonyl (C=O) groups is 4. The second kappa shape index (κ2) is 22.7. The SMILES string of the molecule is CC(C)(C)OC(=O)N[C@@H]1CCCN(c2nc3c4cc(C(=O)O)ccc4[nH]c(=O)c3n2Cc2ccccc2Cl)C1.COC(=O)c1ccc2[nH]c(=O)c3c(nc(N4CCC[C@@H](NC(=O)OC(C)(C)C)C4)n3Cc3ccccc3Cl)c2c1. The van der Waals surface area contributed by atoms with E-state index in [9.17, 15) is 33.9 Å². The lowest BCUT2D eigenvalue weighted by Crippen LogP contribution is -2.49. The molecule has 4 aromatic carbocycles. The Bertz CT molecular complexity index is 3780. The van der Waals surface area contributed by atoms with Gasteiger partial charge in [-0.25, -0.2) is 29.1 Å². The van der Waals surface area contributed by atoms with Gasteiger partial charge < -0.3 is 58.9 Å². The fourth-order valence-electron chi connectivity index (χ4n) is 10.0. The van der Waals surface area contributed by atoms with E-state index >= 15 is 0 Å². The Labute approximate surface area is 463 Å². The molecule has 5 N–H and O–H groups in total. The number of piperidine rings is 2. The highest BCUT2D eigenvalue weighted by Crippen LogP contribution is 2.33. The molecule has 0 radical (unpaired) electrons. The number of carbonyl (C=O) groups excluding carboxylic acids is 3. The number of rotatable bonds is 10. The van der Waals surface area contributed by atoms with E-state index in [0.29, 0.717) is 104 Å². The van der Waals surface area contributed by atoms with Crippen LogP contribution >= 0.6 is 23.2 Å². The van der Waals surface area contributed by atoms with Gasteiger partial charge >= 0.3 is 24.1 Å². The fraction of sp³-hybridized carbons (Fsp3) is 0.368. The Balaban J connectivity index is 0.000000192. The van der Waals surface area contributed by atoms with Crippen LogP contribution in [-0.2, 0) is 27.3 Å². The van der Waals surface area contributed by atoms with E-state index in [1.54, 1.807) is 36.4 Å². The number of aromatic amines is 2. The van der Waals surface area contributed by atoms with Gasteiger partial charge in [0.2, 0.25) is 11.9 Å². The number of hydrogen-bond acceptors (Lipinski definition) is 13. The molecule has 0 bridgehead atoms. The first-order chi connectivity index (χ1) is 37.5. The number of methoxy groups -OCH3 is 1. The quantitative estimate of drug-likeness (QED) is 0.0632. The molecule has 0 unspecified atom stereocenters. The molecule has 0 aliphatic carbocycles. The maximum Gasteiger partial charge on any atom is 0.407 e. The van der Waals surface area contributed by atoms with Crippen molar-refractivity contribution in [3.05, 3.63) is 138 Å². The molecule has 414 valence electrons. The monoisotopic (exact) mass is 1120 g/mol. The number of hydrogen-bond donors (Lipinski definition) is 5. The number of nitrogens with zero attached hydrogens (tertiary/aromatic N) is 6. The summed E-state index contributed by atoms with van der Waals surface area (Å²) in [5.41, 5.74) is 2.83. The van der Waals surface area contributed by atoms with Gasteiger partial charge in [-0.1, -0.05) is 59.6 Å². The Morgan fingerprint density at radius 2 is 1.06 bits per heavy atom. The summed E-state index contributed by atoms with van der Waals surface area (Å²) in [4.78, 5) is 95.6. The number of carboxylic acid groups (broad SMARTS) is 1. The summed E-state index contributed by atoms with van der Waals surface area (Å²) < 4.78 is 19.5. The van der Waals surface area contributed by atoms with Crippen LogP contribution in [0.5, 0.6) is 0 Å². The normalized spacial score (nSPS) is 15.9. The molecule has 6 heterocycles. The van der Waals surface area contributed by atoms with Crippen molar-refractivity contribution in [2.75, 3.05) is 43.1 Å². The molecule has 2 atom stereocenters. The largest absolute Gasteiger partial charge is 0.478 e. The number of fused-ring (bicyclic) bond motifs is 6. The van der Waals surface area contributed by atoms with Crippen molar-refractivity contribution in [1.29, 1.82) is 0 Å². The zero-order valence-electron chi connectivity index (χ0n) is 44.9. The smallest absolute Gasteiger partial charge is 0.407 e. The average Bonchev–Trinajstić information content (AvgIpc) is 3.99. The Kier molecular flexibility index (Phi) is 16.0. The number of amides is 2. The van der Waals surface area contributed by atoms with Crippen LogP contribution in [0.4, 0.5) is 21.5 Å². The molecule has 2 fully saturated rings. The van der Waals surface area contributed by atoms with Crippen molar-refractivity contribution < 1.29 is 38.5 Å². The minimum Gasteiger partial charge on any atom is -0.478 e. The lowest BCUT2D eigenvalue weighted by Gasteiger charge is -2.34.